The molecule has 2 rings (SSSR count). The van der Waals surface area contributed by atoms with Crippen molar-refractivity contribution in [3.05, 3.63) is 0 Å². The quantitative estimate of drug-likeness (QED) is 0.722. The smallest absolute Gasteiger partial charge is 0.410 e. The number of carbonyl (C=O) groups is 1. The standard InChI is InChI=1S/C14H26N2O2/c1-13(2,3)18-12(17)16-9-7-14(8-10-16)6-4-5-11(14)15/h11H,4-10,15H2,1-3H3/t11-/m0/s1. The second-order valence-corrected chi connectivity index (χ2v) is 6.83. The molecule has 104 valence electrons. The lowest BCUT2D eigenvalue weighted by molar-refractivity contribution is 0.00886. The van der Waals surface area contributed by atoms with Crippen LogP contribution in [-0.2, 0) is 4.74 Å². The molecule has 0 aromatic heterocycles. The number of amides is 1. The molecular weight excluding hydrogens is 228 g/mol. The van der Waals surface area contributed by atoms with Crippen LogP contribution in [0.25, 0.3) is 0 Å². The fourth-order valence-corrected chi connectivity index (χ4v) is 3.25. The van der Waals surface area contributed by atoms with Gasteiger partial charge in [0, 0.05) is 19.1 Å². The van der Waals surface area contributed by atoms with Crippen LogP contribution in [0.1, 0.15) is 52.9 Å². The molecular formula is C14H26N2O2. The van der Waals surface area contributed by atoms with Crippen molar-refractivity contribution in [3.63, 3.8) is 0 Å². The second-order valence-electron chi connectivity index (χ2n) is 6.83. The molecule has 0 unspecified atom stereocenters. The fourth-order valence-electron chi connectivity index (χ4n) is 3.25. The number of carbonyl (C=O) groups excluding carboxylic acids is 1. The predicted molar refractivity (Wildman–Crippen MR) is 71.3 cm³/mol. The third-order valence-corrected chi connectivity index (χ3v) is 4.39. The average Bonchev–Trinajstić information content (AvgIpc) is 2.59. The molecule has 1 spiro atoms. The molecule has 1 atom stereocenters. The van der Waals surface area contributed by atoms with Gasteiger partial charge in [-0.25, -0.2) is 4.79 Å². The molecule has 2 aliphatic rings. The van der Waals surface area contributed by atoms with Gasteiger partial charge in [-0.2, -0.15) is 0 Å². The van der Waals surface area contributed by atoms with Gasteiger partial charge in [-0.3, -0.25) is 0 Å². The lowest BCUT2D eigenvalue weighted by Gasteiger charge is -2.42. The predicted octanol–water partition coefficient (Wildman–Crippen LogP) is 2.51. The number of piperidine rings is 1. The molecule has 1 heterocycles. The summed E-state index contributed by atoms with van der Waals surface area (Å²) in [5, 5.41) is 0. The Balaban J connectivity index is 1.89. The minimum absolute atomic E-state index is 0.177. The van der Waals surface area contributed by atoms with Gasteiger partial charge in [0.05, 0.1) is 0 Å². The van der Waals surface area contributed by atoms with E-state index >= 15 is 0 Å². The summed E-state index contributed by atoms with van der Waals surface area (Å²) in [6, 6.07) is 0.332. The number of ether oxygens (including phenoxy) is 1. The Hall–Kier alpha value is -0.770. The Morgan fingerprint density at radius 1 is 1.28 bits per heavy atom. The van der Waals surface area contributed by atoms with Crippen LogP contribution in [0.5, 0.6) is 0 Å². The summed E-state index contributed by atoms with van der Waals surface area (Å²) in [5.41, 5.74) is 6.13. The largest absolute Gasteiger partial charge is 0.444 e. The van der Waals surface area contributed by atoms with E-state index in [1.807, 2.05) is 25.7 Å². The van der Waals surface area contributed by atoms with E-state index in [0.717, 1.165) is 32.4 Å². The summed E-state index contributed by atoms with van der Waals surface area (Å²) in [7, 11) is 0. The Morgan fingerprint density at radius 2 is 1.89 bits per heavy atom. The van der Waals surface area contributed by atoms with E-state index in [1.165, 1.54) is 12.8 Å². The van der Waals surface area contributed by atoms with Crippen LogP contribution < -0.4 is 5.73 Å². The van der Waals surface area contributed by atoms with Crippen molar-refractivity contribution in [3.8, 4) is 0 Å². The minimum Gasteiger partial charge on any atom is -0.444 e. The van der Waals surface area contributed by atoms with Crippen molar-refractivity contribution in [2.75, 3.05) is 13.1 Å². The molecule has 1 amide bonds. The highest BCUT2D eigenvalue weighted by molar-refractivity contribution is 5.68. The van der Waals surface area contributed by atoms with Crippen LogP contribution in [0.4, 0.5) is 4.79 Å². The lowest BCUT2D eigenvalue weighted by atomic mass is 9.74. The van der Waals surface area contributed by atoms with Crippen LogP contribution >= 0.6 is 0 Å². The zero-order valence-electron chi connectivity index (χ0n) is 11.9. The molecule has 0 aromatic carbocycles. The van der Waals surface area contributed by atoms with Crippen LogP contribution in [-0.4, -0.2) is 35.7 Å². The number of hydrogen-bond acceptors (Lipinski definition) is 3. The third kappa shape index (κ3) is 2.79. The molecule has 18 heavy (non-hydrogen) atoms. The topological polar surface area (TPSA) is 55.6 Å². The Labute approximate surface area is 110 Å². The van der Waals surface area contributed by atoms with Crippen LogP contribution in [0.15, 0.2) is 0 Å². The first kappa shape index (κ1) is 13.7. The number of nitrogens with two attached hydrogens (primary N) is 1. The molecule has 0 radical (unpaired) electrons. The lowest BCUT2D eigenvalue weighted by Crippen LogP contribution is -2.49. The van der Waals surface area contributed by atoms with Crippen molar-refractivity contribution in [1.82, 2.24) is 4.90 Å². The molecule has 1 saturated heterocycles. The minimum atomic E-state index is -0.407. The van der Waals surface area contributed by atoms with Crippen LogP contribution in [0.3, 0.4) is 0 Å². The summed E-state index contributed by atoms with van der Waals surface area (Å²) in [4.78, 5) is 13.8. The van der Waals surface area contributed by atoms with E-state index in [0.29, 0.717) is 11.5 Å². The first-order chi connectivity index (χ1) is 8.32. The van der Waals surface area contributed by atoms with Crippen molar-refractivity contribution < 1.29 is 9.53 Å². The van der Waals surface area contributed by atoms with Crippen molar-refractivity contribution in [2.45, 2.75) is 64.5 Å². The molecule has 2 N–H and O–H groups in total. The van der Waals surface area contributed by atoms with E-state index in [1.54, 1.807) is 0 Å². The summed E-state index contributed by atoms with van der Waals surface area (Å²) in [5.74, 6) is 0. The van der Waals surface area contributed by atoms with Crippen molar-refractivity contribution >= 4 is 6.09 Å². The van der Waals surface area contributed by atoms with Gasteiger partial charge in [-0.1, -0.05) is 6.42 Å². The molecule has 1 saturated carbocycles. The first-order valence-electron chi connectivity index (χ1n) is 7.06. The van der Waals surface area contributed by atoms with E-state index < -0.39 is 5.60 Å². The monoisotopic (exact) mass is 254 g/mol. The van der Waals surface area contributed by atoms with Gasteiger partial charge in [0.2, 0.25) is 0 Å². The van der Waals surface area contributed by atoms with E-state index in [9.17, 15) is 4.79 Å². The fraction of sp³-hybridized carbons (Fsp3) is 0.929. The summed E-state index contributed by atoms with van der Waals surface area (Å²) < 4.78 is 5.41. The van der Waals surface area contributed by atoms with E-state index in [4.69, 9.17) is 10.5 Å². The summed E-state index contributed by atoms with van der Waals surface area (Å²) in [6.07, 6.45) is 5.51. The van der Waals surface area contributed by atoms with Gasteiger partial charge in [0.15, 0.2) is 0 Å². The van der Waals surface area contributed by atoms with Gasteiger partial charge in [-0.15, -0.1) is 0 Å². The van der Waals surface area contributed by atoms with Crippen molar-refractivity contribution in [2.24, 2.45) is 11.1 Å². The number of hydrogen-bond donors (Lipinski definition) is 1. The molecule has 1 aliphatic carbocycles. The Kier molecular flexibility index (Phi) is 3.58. The van der Waals surface area contributed by atoms with Gasteiger partial charge < -0.3 is 15.4 Å². The highest BCUT2D eigenvalue weighted by atomic mass is 16.6. The molecule has 2 fully saturated rings. The maximum absolute atomic E-state index is 12.0. The second kappa shape index (κ2) is 4.72. The highest BCUT2D eigenvalue weighted by Gasteiger charge is 2.43. The Bertz CT molecular complexity index is 314. The maximum atomic E-state index is 12.0. The maximum Gasteiger partial charge on any atom is 0.410 e. The number of rotatable bonds is 0. The first-order valence-corrected chi connectivity index (χ1v) is 7.06. The zero-order chi connectivity index (χ0) is 13.4. The van der Waals surface area contributed by atoms with Gasteiger partial charge in [0.1, 0.15) is 5.60 Å². The van der Waals surface area contributed by atoms with E-state index in [-0.39, 0.29) is 6.09 Å². The molecule has 0 bridgehead atoms. The number of nitrogens with zero attached hydrogens (tertiary/aromatic N) is 1. The van der Waals surface area contributed by atoms with E-state index in [2.05, 4.69) is 0 Å². The molecule has 1 aliphatic heterocycles. The summed E-state index contributed by atoms with van der Waals surface area (Å²) >= 11 is 0. The van der Waals surface area contributed by atoms with Gasteiger partial charge in [0.25, 0.3) is 0 Å². The molecule has 4 heteroatoms. The molecule has 0 aromatic rings. The summed E-state index contributed by atoms with van der Waals surface area (Å²) in [6.45, 7) is 7.31. The SMILES string of the molecule is CC(C)(C)OC(=O)N1CCC2(CCC[C@@H]2N)CC1. The molecule has 4 nitrogen and oxygen atoms in total. The third-order valence-electron chi connectivity index (χ3n) is 4.39. The van der Waals surface area contributed by atoms with Crippen molar-refractivity contribution in [1.29, 1.82) is 0 Å². The highest BCUT2D eigenvalue weighted by Crippen LogP contribution is 2.45. The normalized spacial score (nSPS) is 27.6. The van der Waals surface area contributed by atoms with Crippen LogP contribution in [0.2, 0.25) is 0 Å². The van der Waals surface area contributed by atoms with Crippen LogP contribution in [0, 0.1) is 5.41 Å². The van der Waals surface area contributed by atoms with Gasteiger partial charge in [-0.05, 0) is 51.9 Å². The zero-order valence-corrected chi connectivity index (χ0v) is 11.9. The average molecular weight is 254 g/mol. The van der Waals surface area contributed by atoms with Gasteiger partial charge >= 0.3 is 6.09 Å². The Morgan fingerprint density at radius 3 is 2.33 bits per heavy atom. The number of likely N-dealkylation sites (tertiary alicyclic amines) is 1.